The Balaban J connectivity index is 2.06. The van der Waals surface area contributed by atoms with Gasteiger partial charge in [0, 0.05) is 23.7 Å². The largest absolute Gasteiger partial charge is 0.397 e. The Morgan fingerprint density at radius 2 is 2.29 bits per heavy atom. The predicted molar refractivity (Wildman–Crippen MR) is 87.9 cm³/mol. The highest BCUT2D eigenvalue weighted by atomic mass is 32.1. The molecule has 0 aromatic carbocycles. The van der Waals surface area contributed by atoms with Gasteiger partial charge in [-0.1, -0.05) is 6.92 Å². The van der Waals surface area contributed by atoms with E-state index in [1.807, 2.05) is 24.8 Å². The molecule has 0 spiro atoms. The van der Waals surface area contributed by atoms with E-state index in [9.17, 15) is 4.79 Å². The van der Waals surface area contributed by atoms with E-state index in [0.717, 1.165) is 47.3 Å². The van der Waals surface area contributed by atoms with Gasteiger partial charge in [0.25, 0.3) is 5.91 Å². The maximum atomic E-state index is 12.8. The van der Waals surface area contributed by atoms with Gasteiger partial charge in [-0.2, -0.15) is 0 Å². The summed E-state index contributed by atoms with van der Waals surface area (Å²) in [5.41, 5.74) is 8.93. The summed E-state index contributed by atoms with van der Waals surface area (Å²) in [6.07, 6.45) is 3.20. The Morgan fingerprint density at radius 3 is 3.00 bits per heavy atom. The maximum Gasteiger partial charge on any atom is 0.266 e. The molecule has 1 aliphatic rings. The SMILES string of the molecule is CCC1CCCN1C(=O)c1sc2nc(C)cc(C)c2c1N. The third-order valence-electron chi connectivity index (χ3n) is 4.33. The van der Waals surface area contributed by atoms with Crippen LogP contribution in [-0.2, 0) is 0 Å². The van der Waals surface area contributed by atoms with Crippen LogP contribution in [0.15, 0.2) is 6.07 Å². The fourth-order valence-corrected chi connectivity index (χ4v) is 4.46. The minimum absolute atomic E-state index is 0.0805. The van der Waals surface area contributed by atoms with Crippen molar-refractivity contribution in [3.05, 3.63) is 22.2 Å². The van der Waals surface area contributed by atoms with E-state index >= 15 is 0 Å². The number of likely N-dealkylation sites (tertiary alicyclic amines) is 1. The molecule has 0 aliphatic carbocycles. The second-order valence-electron chi connectivity index (χ2n) is 5.81. The van der Waals surface area contributed by atoms with Crippen LogP contribution in [0.3, 0.4) is 0 Å². The third-order valence-corrected chi connectivity index (χ3v) is 5.42. The molecule has 0 saturated carbocycles. The van der Waals surface area contributed by atoms with Gasteiger partial charge in [0.1, 0.15) is 9.71 Å². The molecule has 5 heteroatoms. The van der Waals surface area contributed by atoms with E-state index in [2.05, 4.69) is 11.9 Å². The van der Waals surface area contributed by atoms with Crippen LogP contribution in [0.2, 0.25) is 0 Å². The number of nitrogens with zero attached hydrogens (tertiary/aromatic N) is 2. The number of carbonyl (C=O) groups excluding carboxylic acids is 1. The number of nitrogen functional groups attached to an aromatic ring is 1. The van der Waals surface area contributed by atoms with E-state index < -0.39 is 0 Å². The number of aromatic nitrogens is 1. The molecule has 2 N–H and O–H groups in total. The molecule has 1 unspecified atom stereocenters. The van der Waals surface area contributed by atoms with Crippen molar-refractivity contribution in [2.75, 3.05) is 12.3 Å². The number of anilines is 1. The van der Waals surface area contributed by atoms with Crippen molar-refractivity contribution in [3.8, 4) is 0 Å². The Morgan fingerprint density at radius 1 is 1.52 bits per heavy atom. The molecule has 2 aromatic rings. The van der Waals surface area contributed by atoms with Crippen LogP contribution >= 0.6 is 11.3 Å². The van der Waals surface area contributed by atoms with Gasteiger partial charge in [-0.15, -0.1) is 11.3 Å². The molecule has 1 fully saturated rings. The molecular weight excluding hydrogens is 282 g/mol. The molecule has 21 heavy (non-hydrogen) atoms. The molecule has 3 heterocycles. The quantitative estimate of drug-likeness (QED) is 0.923. The normalized spacial score (nSPS) is 18.6. The molecule has 1 atom stereocenters. The molecular formula is C16H21N3OS. The van der Waals surface area contributed by atoms with Crippen LogP contribution < -0.4 is 5.73 Å². The summed E-state index contributed by atoms with van der Waals surface area (Å²) in [4.78, 5) is 20.9. The maximum absolute atomic E-state index is 12.8. The number of carbonyl (C=O) groups is 1. The van der Waals surface area contributed by atoms with Crippen molar-refractivity contribution in [2.24, 2.45) is 0 Å². The van der Waals surface area contributed by atoms with Crippen LogP contribution in [0, 0.1) is 13.8 Å². The van der Waals surface area contributed by atoms with Crippen LogP contribution in [0.4, 0.5) is 5.69 Å². The summed E-state index contributed by atoms with van der Waals surface area (Å²) in [6, 6.07) is 2.38. The summed E-state index contributed by atoms with van der Waals surface area (Å²) in [7, 11) is 0. The first-order chi connectivity index (χ1) is 10.0. The lowest BCUT2D eigenvalue weighted by molar-refractivity contribution is 0.0739. The summed E-state index contributed by atoms with van der Waals surface area (Å²) < 4.78 is 0. The van der Waals surface area contributed by atoms with Crippen LogP contribution in [0.1, 0.15) is 47.1 Å². The molecule has 0 radical (unpaired) electrons. The number of nitrogens with two attached hydrogens (primary N) is 1. The number of thiophene rings is 1. The van der Waals surface area contributed by atoms with Gasteiger partial charge in [0.15, 0.2) is 0 Å². The zero-order chi connectivity index (χ0) is 15.1. The second-order valence-corrected chi connectivity index (χ2v) is 6.81. The number of fused-ring (bicyclic) bond motifs is 1. The van der Waals surface area contributed by atoms with Gasteiger partial charge >= 0.3 is 0 Å². The average molecular weight is 303 g/mol. The topological polar surface area (TPSA) is 59.2 Å². The first kappa shape index (κ1) is 14.3. The van der Waals surface area contributed by atoms with Crippen molar-refractivity contribution in [1.29, 1.82) is 0 Å². The van der Waals surface area contributed by atoms with E-state index in [-0.39, 0.29) is 5.91 Å². The van der Waals surface area contributed by atoms with Crippen LogP contribution in [0.25, 0.3) is 10.2 Å². The number of pyridine rings is 1. The lowest BCUT2D eigenvalue weighted by Gasteiger charge is -2.23. The van der Waals surface area contributed by atoms with E-state index in [1.165, 1.54) is 11.3 Å². The van der Waals surface area contributed by atoms with Crippen molar-refractivity contribution in [1.82, 2.24) is 9.88 Å². The van der Waals surface area contributed by atoms with Crippen molar-refractivity contribution in [3.63, 3.8) is 0 Å². The fraction of sp³-hybridized carbons (Fsp3) is 0.500. The van der Waals surface area contributed by atoms with Crippen LogP contribution in [-0.4, -0.2) is 28.4 Å². The van der Waals surface area contributed by atoms with Gasteiger partial charge in [-0.05, 0) is 44.7 Å². The van der Waals surface area contributed by atoms with Crippen LogP contribution in [0.5, 0.6) is 0 Å². The van der Waals surface area contributed by atoms with Crippen molar-refractivity contribution >= 4 is 33.1 Å². The average Bonchev–Trinajstić information content (AvgIpc) is 3.02. The molecule has 1 aliphatic heterocycles. The summed E-state index contributed by atoms with van der Waals surface area (Å²) in [5.74, 6) is 0.0805. The number of hydrogen-bond donors (Lipinski definition) is 1. The van der Waals surface area contributed by atoms with Gasteiger partial charge in [-0.25, -0.2) is 4.98 Å². The van der Waals surface area contributed by atoms with Crippen molar-refractivity contribution in [2.45, 2.75) is 46.1 Å². The minimum Gasteiger partial charge on any atom is -0.397 e. The number of rotatable bonds is 2. The Kier molecular flexibility index (Phi) is 3.61. The molecule has 112 valence electrons. The first-order valence-corrected chi connectivity index (χ1v) is 8.31. The molecule has 2 aromatic heterocycles. The summed E-state index contributed by atoms with van der Waals surface area (Å²) in [5, 5.41) is 0.946. The standard InChI is InChI=1S/C16H21N3OS/c1-4-11-6-5-7-19(11)16(20)14-13(17)12-9(2)8-10(3)18-15(12)21-14/h8,11H,4-7,17H2,1-3H3. The molecule has 3 rings (SSSR count). The summed E-state index contributed by atoms with van der Waals surface area (Å²) in [6.45, 7) is 6.98. The van der Waals surface area contributed by atoms with Gasteiger partial charge < -0.3 is 10.6 Å². The van der Waals surface area contributed by atoms with E-state index in [4.69, 9.17) is 5.73 Å². The van der Waals surface area contributed by atoms with Gasteiger partial charge in [0.2, 0.25) is 0 Å². The zero-order valence-electron chi connectivity index (χ0n) is 12.8. The Bertz CT molecular complexity index is 707. The van der Waals surface area contributed by atoms with Gasteiger partial charge in [-0.3, -0.25) is 4.79 Å². The highest BCUT2D eigenvalue weighted by Crippen LogP contribution is 2.37. The smallest absolute Gasteiger partial charge is 0.266 e. The highest BCUT2D eigenvalue weighted by Gasteiger charge is 2.31. The lowest BCUT2D eigenvalue weighted by Crippen LogP contribution is -2.34. The lowest BCUT2D eigenvalue weighted by atomic mass is 10.1. The fourth-order valence-electron chi connectivity index (χ4n) is 3.29. The number of aryl methyl sites for hydroxylation is 2. The summed E-state index contributed by atoms with van der Waals surface area (Å²) >= 11 is 1.43. The van der Waals surface area contributed by atoms with E-state index in [1.54, 1.807) is 0 Å². The molecule has 1 saturated heterocycles. The predicted octanol–water partition coefficient (Wildman–Crippen LogP) is 3.51. The molecule has 0 bridgehead atoms. The monoisotopic (exact) mass is 303 g/mol. The Hall–Kier alpha value is -1.62. The Labute approximate surface area is 129 Å². The first-order valence-electron chi connectivity index (χ1n) is 7.50. The molecule has 1 amide bonds. The highest BCUT2D eigenvalue weighted by molar-refractivity contribution is 7.21. The number of hydrogen-bond acceptors (Lipinski definition) is 4. The zero-order valence-corrected chi connectivity index (χ0v) is 13.6. The third kappa shape index (κ3) is 2.29. The van der Waals surface area contributed by atoms with Gasteiger partial charge in [0.05, 0.1) is 5.69 Å². The van der Waals surface area contributed by atoms with E-state index in [0.29, 0.717) is 16.6 Å². The minimum atomic E-state index is 0.0805. The van der Waals surface area contributed by atoms with Crippen molar-refractivity contribution < 1.29 is 4.79 Å². The second kappa shape index (κ2) is 5.30. The number of amides is 1. The molecule has 4 nitrogen and oxygen atoms in total.